The third kappa shape index (κ3) is 5.18. The fourth-order valence-corrected chi connectivity index (χ4v) is 5.12. The van der Waals surface area contributed by atoms with E-state index in [0.717, 1.165) is 31.9 Å². The number of rotatable bonds is 7. The van der Waals surface area contributed by atoms with Crippen molar-refractivity contribution in [1.29, 1.82) is 0 Å². The smallest absolute Gasteiger partial charge is 0.251 e. The number of Topliss-reactive ketones (excluding diaryl/α,β-unsaturated/α-hetero) is 1. The summed E-state index contributed by atoms with van der Waals surface area (Å²) in [5, 5.41) is 2.81. The molecule has 1 N–H and O–H groups in total. The zero-order chi connectivity index (χ0) is 25.3. The first-order valence-corrected chi connectivity index (χ1v) is 12.3. The lowest BCUT2D eigenvalue weighted by Gasteiger charge is -2.34. The van der Waals surface area contributed by atoms with Crippen LogP contribution in [0.4, 0.5) is 14.5 Å². The van der Waals surface area contributed by atoms with Gasteiger partial charge in [0.05, 0.1) is 12.0 Å². The number of piperazine rings is 1. The summed E-state index contributed by atoms with van der Waals surface area (Å²) >= 11 is 0. The van der Waals surface area contributed by atoms with Crippen LogP contribution in [-0.2, 0) is 14.3 Å². The monoisotopic (exact) mass is 492 g/mol. The zero-order valence-electron chi connectivity index (χ0n) is 20.5. The molecule has 0 spiro atoms. The normalized spacial score (nSPS) is 26.7. The van der Waals surface area contributed by atoms with Crippen LogP contribution >= 0.6 is 0 Å². The molecule has 0 aliphatic carbocycles. The van der Waals surface area contributed by atoms with E-state index in [4.69, 9.17) is 4.74 Å². The molecule has 3 heterocycles. The molecule has 8 nitrogen and oxygen atoms in total. The van der Waals surface area contributed by atoms with Crippen LogP contribution in [-0.4, -0.2) is 98.4 Å². The predicted octanol–water partition coefficient (Wildman–Crippen LogP) is 1.64. The van der Waals surface area contributed by atoms with Gasteiger partial charge in [0.2, 0.25) is 12.3 Å². The van der Waals surface area contributed by atoms with Gasteiger partial charge in [-0.15, -0.1) is 0 Å². The lowest BCUT2D eigenvalue weighted by atomic mass is 9.96. The van der Waals surface area contributed by atoms with Crippen molar-refractivity contribution in [3.8, 4) is 0 Å². The molecule has 3 aliphatic heterocycles. The second-order valence-corrected chi connectivity index (χ2v) is 9.85. The minimum Gasteiger partial charge on any atom is -0.369 e. The van der Waals surface area contributed by atoms with Crippen molar-refractivity contribution in [2.75, 3.05) is 51.3 Å². The molecule has 192 valence electrons. The Balaban J connectivity index is 1.47. The molecule has 3 saturated heterocycles. The van der Waals surface area contributed by atoms with E-state index in [1.165, 1.54) is 4.90 Å². The van der Waals surface area contributed by atoms with Gasteiger partial charge in [-0.3, -0.25) is 14.4 Å². The highest BCUT2D eigenvalue weighted by molar-refractivity contribution is 5.99. The number of nitrogens with one attached hydrogen (secondary N) is 1. The lowest BCUT2D eigenvalue weighted by molar-refractivity contribution is -0.139. The molecule has 0 saturated carbocycles. The Bertz CT molecular complexity index is 936. The number of carbonyl (C=O) groups excluding carboxylic acids is 3. The fraction of sp³-hybridized carbons (Fsp3) is 0.640. The maximum atomic E-state index is 13.6. The summed E-state index contributed by atoms with van der Waals surface area (Å²) in [6, 6.07) is 5.30. The number of ether oxygens (including phenoxy) is 1. The second-order valence-electron chi connectivity index (χ2n) is 9.85. The molecular weight excluding hydrogens is 458 g/mol. The first kappa shape index (κ1) is 25.5. The minimum atomic E-state index is -2.71. The number of likely N-dealkylation sites (N-methyl/N-ethyl adjacent to an activating group) is 1. The van der Waals surface area contributed by atoms with E-state index >= 15 is 0 Å². The van der Waals surface area contributed by atoms with Crippen molar-refractivity contribution in [3.05, 3.63) is 29.8 Å². The number of fused-ring (bicyclic) bond motifs is 1. The average molecular weight is 493 g/mol. The Morgan fingerprint density at radius 3 is 2.40 bits per heavy atom. The van der Waals surface area contributed by atoms with Crippen LogP contribution < -0.4 is 10.2 Å². The van der Waals surface area contributed by atoms with Gasteiger partial charge in [-0.05, 0) is 37.2 Å². The summed E-state index contributed by atoms with van der Waals surface area (Å²) < 4.78 is 32.5. The van der Waals surface area contributed by atoms with Gasteiger partial charge in [-0.25, -0.2) is 8.78 Å². The molecule has 0 unspecified atom stereocenters. The molecule has 0 bridgehead atoms. The molecule has 0 aromatic heterocycles. The van der Waals surface area contributed by atoms with Crippen molar-refractivity contribution >= 4 is 23.3 Å². The van der Waals surface area contributed by atoms with Gasteiger partial charge in [-0.1, -0.05) is 20.3 Å². The molecule has 4 rings (SSSR count). The molecule has 0 radical (unpaired) electrons. The van der Waals surface area contributed by atoms with Gasteiger partial charge in [-0.2, -0.15) is 0 Å². The van der Waals surface area contributed by atoms with Crippen LogP contribution in [0.1, 0.15) is 30.6 Å². The summed E-state index contributed by atoms with van der Waals surface area (Å²) in [6.45, 7) is 6.94. The number of carbonyl (C=O) groups is 3. The highest BCUT2D eigenvalue weighted by Gasteiger charge is 2.56. The van der Waals surface area contributed by atoms with Crippen LogP contribution in [0.3, 0.4) is 0 Å². The van der Waals surface area contributed by atoms with Crippen LogP contribution in [0.25, 0.3) is 0 Å². The highest BCUT2D eigenvalue weighted by Crippen LogP contribution is 2.36. The number of hydrogen-bond acceptors (Lipinski definition) is 6. The molecule has 3 fully saturated rings. The molecule has 2 amide bonds. The van der Waals surface area contributed by atoms with Gasteiger partial charge >= 0.3 is 0 Å². The van der Waals surface area contributed by atoms with E-state index in [0.29, 0.717) is 12.0 Å². The molecule has 3 aliphatic rings. The second kappa shape index (κ2) is 10.6. The Kier molecular flexibility index (Phi) is 7.70. The summed E-state index contributed by atoms with van der Waals surface area (Å²) in [6.07, 6.45) is -3.12. The van der Waals surface area contributed by atoms with Crippen LogP contribution in [0.2, 0.25) is 0 Å². The van der Waals surface area contributed by atoms with Crippen LogP contribution in [0.5, 0.6) is 0 Å². The average Bonchev–Trinajstić information content (AvgIpc) is 3.43. The summed E-state index contributed by atoms with van der Waals surface area (Å²) in [5.41, 5.74) is 1.44. The minimum absolute atomic E-state index is 0.252. The number of likely N-dealkylation sites (tertiary alicyclic amines) is 1. The molecule has 35 heavy (non-hydrogen) atoms. The van der Waals surface area contributed by atoms with E-state index in [1.807, 2.05) is 26.0 Å². The number of amides is 2. The zero-order valence-corrected chi connectivity index (χ0v) is 20.5. The van der Waals surface area contributed by atoms with Crippen molar-refractivity contribution in [2.45, 2.75) is 44.9 Å². The Morgan fingerprint density at radius 1 is 1.14 bits per heavy atom. The predicted molar refractivity (Wildman–Crippen MR) is 127 cm³/mol. The number of halogens is 2. The number of hydrogen-bond donors (Lipinski definition) is 1. The van der Waals surface area contributed by atoms with Crippen molar-refractivity contribution < 1.29 is 27.9 Å². The van der Waals surface area contributed by atoms with Crippen molar-refractivity contribution in [1.82, 2.24) is 15.1 Å². The van der Waals surface area contributed by atoms with Gasteiger partial charge in [0.15, 0.2) is 5.78 Å². The van der Waals surface area contributed by atoms with Crippen molar-refractivity contribution in [3.63, 3.8) is 0 Å². The number of alkyl halides is 2. The van der Waals surface area contributed by atoms with Crippen LogP contribution in [0.15, 0.2) is 24.3 Å². The third-order valence-electron chi connectivity index (χ3n) is 7.59. The first-order chi connectivity index (χ1) is 16.7. The summed E-state index contributed by atoms with van der Waals surface area (Å²) in [4.78, 5) is 44.7. The quantitative estimate of drug-likeness (QED) is 0.624. The van der Waals surface area contributed by atoms with E-state index < -0.39 is 42.3 Å². The number of benzene rings is 1. The standard InChI is InChI=1S/C25H34F2N4O4/c1-4-15(2)20(25(34)31-13-18(23(26)27)22-21(31)19(32)14-35-22)28-24(33)16-5-7-17(8-6-16)30-11-9-29(3)10-12-30/h5-8,15,18,20-23H,4,9-14H2,1-3H3,(H,28,33)/t15-,18-,20-,21+,22+/m0/s1. The first-order valence-electron chi connectivity index (χ1n) is 12.3. The summed E-state index contributed by atoms with van der Waals surface area (Å²) in [5.74, 6) is -2.77. The van der Waals surface area contributed by atoms with Gasteiger partial charge in [0, 0.05) is 44.0 Å². The van der Waals surface area contributed by atoms with Gasteiger partial charge in [0.25, 0.3) is 5.91 Å². The van der Waals surface area contributed by atoms with Crippen molar-refractivity contribution in [2.24, 2.45) is 11.8 Å². The largest absolute Gasteiger partial charge is 0.369 e. The molecule has 1 aromatic rings. The Hall–Kier alpha value is -2.59. The fourth-order valence-electron chi connectivity index (χ4n) is 5.12. The Morgan fingerprint density at radius 2 is 1.80 bits per heavy atom. The highest BCUT2D eigenvalue weighted by atomic mass is 19.3. The molecule has 1 aromatic carbocycles. The topological polar surface area (TPSA) is 82.2 Å². The maximum Gasteiger partial charge on any atom is 0.251 e. The molecule has 10 heteroatoms. The van der Waals surface area contributed by atoms with E-state index in [1.54, 1.807) is 12.1 Å². The lowest BCUT2D eigenvalue weighted by Crippen LogP contribution is -2.54. The van der Waals surface area contributed by atoms with E-state index in [-0.39, 0.29) is 24.9 Å². The van der Waals surface area contributed by atoms with Gasteiger partial charge in [0.1, 0.15) is 18.7 Å². The number of nitrogens with zero attached hydrogens (tertiary/aromatic N) is 3. The number of anilines is 1. The van der Waals surface area contributed by atoms with E-state index in [2.05, 4.69) is 22.2 Å². The Labute approximate surface area is 204 Å². The maximum absolute atomic E-state index is 13.6. The van der Waals surface area contributed by atoms with Gasteiger partial charge < -0.3 is 24.8 Å². The SMILES string of the molecule is CC[C@H](C)[C@H](NC(=O)c1ccc(N2CCN(C)CC2)cc1)C(=O)N1C[C@H](C(F)F)[C@H]2OCC(=O)[C@H]21. The van der Waals surface area contributed by atoms with E-state index in [9.17, 15) is 23.2 Å². The van der Waals surface area contributed by atoms with Crippen LogP contribution in [0, 0.1) is 11.8 Å². The third-order valence-corrected chi connectivity index (χ3v) is 7.59. The molecule has 5 atom stereocenters. The summed E-state index contributed by atoms with van der Waals surface area (Å²) in [7, 11) is 2.09. The molecular formula is C25H34F2N4O4. The number of ketones is 1.